The number of carbonyl (C=O) groups is 3. The van der Waals surface area contributed by atoms with Crippen molar-refractivity contribution in [1.29, 1.82) is 0 Å². The minimum absolute atomic E-state index is 0.103. The van der Waals surface area contributed by atoms with Crippen molar-refractivity contribution < 1.29 is 23.9 Å². The summed E-state index contributed by atoms with van der Waals surface area (Å²) >= 11 is 0. The highest BCUT2D eigenvalue weighted by molar-refractivity contribution is 5.95. The van der Waals surface area contributed by atoms with Crippen LogP contribution < -0.4 is 0 Å². The van der Waals surface area contributed by atoms with E-state index in [9.17, 15) is 14.4 Å². The van der Waals surface area contributed by atoms with Gasteiger partial charge < -0.3 is 9.47 Å². The first kappa shape index (κ1) is 24.5. The highest BCUT2D eigenvalue weighted by atomic mass is 16.6. The number of esters is 2. The fraction of sp³-hybridized carbons (Fsp3) is 0.250. The van der Waals surface area contributed by atoms with Gasteiger partial charge in [0.25, 0.3) is 0 Å². The number of benzene rings is 3. The van der Waals surface area contributed by atoms with Crippen LogP contribution in [0.25, 0.3) is 11.1 Å². The van der Waals surface area contributed by atoms with Crippen LogP contribution in [0.15, 0.2) is 96.2 Å². The Morgan fingerprint density at radius 3 is 2.46 bits per heavy atom. The van der Waals surface area contributed by atoms with Crippen LogP contribution in [0.3, 0.4) is 0 Å². The predicted octanol–water partition coefficient (Wildman–Crippen LogP) is 5.98. The van der Waals surface area contributed by atoms with Gasteiger partial charge in [0.15, 0.2) is 5.78 Å². The van der Waals surface area contributed by atoms with Gasteiger partial charge in [0, 0.05) is 29.9 Å². The van der Waals surface area contributed by atoms with Crippen LogP contribution in [-0.2, 0) is 19.1 Å². The molecule has 5 nitrogen and oxygen atoms in total. The maximum absolute atomic E-state index is 13.0. The Balaban J connectivity index is 1.35. The first-order chi connectivity index (χ1) is 17.9. The SMILES string of the molecule is Cc1cccc(C(C)C(=O)C=C=C2C(OC(=O)c3ccc(-c4ccccc4)cc3)C[C@@H]3OC(=O)C[C@H]23)c1. The second-order valence-electron chi connectivity index (χ2n) is 9.69. The monoisotopic (exact) mass is 492 g/mol. The van der Waals surface area contributed by atoms with E-state index < -0.39 is 12.1 Å². The van der Waals surface area contributed by atoms with Crippen LogP contribution in [0.5, 0.6) is 0 Å². The van der Waals surface area contributed by atoms with Crippen LogP contribution in [0, 0.1) is 12.8 Å². The summed E-state index contributed by atoms with van der Waals surface area (Å²) in [7, 11) is 0. The summed E-state index contributed by atoms with van der Waals surface area (Å²) in [5, 5.41) is 0. The lowest BCUT2D eigenvalue weighted by Crippen LogP contribution is -2.19. The number of rotatable bonds is 6. The molecular weight excluding hydrogens is 464 g/mol. The van der Waals surface area contributed by atoms with E-state index in [4.69, 9.17) is 9.47 Å². The Bertz CT molecular complexity index is 1400. The molecule has 1 saturated carbocycles. The van der Waals surface area contributed by atoms with Crippen molar-refractivity contribution in [3.05, 3.63) is 113 Å². The molecule has 5 rings (SSSR count). The molecule has 1 aliphatic heterocycles. The molecule has 1 aliphatic carbocycles. The van der Waals surface area contributed by atoms with Gasteiger partial charge in [0.1, 0.15) is 12.2 Å². The molecule has 186 valence electrons. The van der Waals surface area contributed by atoms with Crippen LogP contribution >= 0.6 is 0 Å². The van der Waals surface area contributed by atoms with E-state index in [-0.39, 0.29) is 36.1 Å². The Morgan fingerprint density at radius 2 is 1.73 bits per heavy atom. The van der Waals surface area contributed by atoms with Gasteiger partial charge in [-0.05, 0) is 35.7 Å². The number of ether oxygens (including phenoxy) is 2. The lowest BCUT2D eigenvalue weighted by Gasteiger charge is -2.15. The third kappa shape index (κ3) is 5.32. The smallest absolute Gasteiger partial charge is 0.338 e. The lowest BCUT2D eigenvalue weighted by molar-refractivity contribution is -0.141. The summed E-state index contributed by atoms with van der Waals surface area (Å²) < 4.78 is 11.3. The van der Waals surface area contributed by atoms with Crippen LogP contribution in [0.4, 0.5) is 0 Å². The number of fused-ring (bicyclic) bond motifs is 1. The van der Waals surface area contributed by atoms with Crippen molar-refractivity contribution in [2.24, 2.45) is 5.92 Å². The molecule has 1 saturated heterocycles. The lowest BCUT2D eigenvalue weighted by atomic mass is 9.94. The molecule has 0 bridgehead atoms. The first-order valence-electron chi connectivity index (χ1n) is 12.5. The normalized spacial score (nSPS) is 21.0. The maximum atomic E-state index is 13.0. The minimum Gasteiger partial charge on any atom is -0.461 e. The van der Waals surface area contributed by atoms with E-state index in [1.54, 1.807) is 12.1 Å². The first-order valence-corrected chi connectivity index (χ1v) is 12.5. The second kappa shape index (κ2) is 10.4. The summed E-state index contributed by atoms with van der Waals surface area (Å²) in [5.74, 6) is -1.43. The van der Waals surface area contributed by atoms with Crippen LogP contribution in [-0.4, -0.2) is 29.9 Å². The van der Waals surface area contributed by atoms with Crippen molar-refractivity contribution in [3.8, 4) is 11.1 Å². The summed E-state index contributed by atoms with van der Waals surface area (Å²) in [6.45, 7) is 3.85. The third-order valence-electron chi connectivity index (χ3n) is 7.14. The number of hydrogen-bond donors (Lipinski definition) is 0. The zero-order valence-corrected chi connectivity index (χ0v) is 20.8. The number of carbonyl (C=O) groups excluding carboxylic acids is 3. The van der Waals surface area contributed by atoms with Gasteiger partial charge in [0.2, 0.25) is 0 Å². The van der Waals surface area contributed by atoms with Crippen LogP contribution in [0.2, 0.25) is 0 Å². The highest BCUT2D eigenvalue weighted by Crippen LogP contribution is 2.42. The zero-order valence-electron chi connectivity index (χ0n) is 20.8. The zero-order chi connectivity index (χ0) is 25.9. The fourth-order valence-electron chi connectivity index (χ4n) is 5.03. The molecule has 5 heteroatoms. The van der Waals surface area contributed by atoms with Gasteiger partial charge in [-0.25, -0.2) is 4.79 Å². The Labute approximate surface area is 216 Å². The molecule has 0 aromatic heterocycles. The number of aryl methyl sites for hydroxylation is 1. The number of ketones is 1. The number of hydrogen-bond acceptors (Lipinski definition) is 5. The average Bonchev–Trinajstić information content (AvgIpc) is 3.42. The fourth-order valence-corrected chi connectivity index (χ4v) is 5.03. The molecule has 2 unspecified atom stereocenters. The molecule has 0 radical (unpaired) electrons. The van der Waals surface area contributed by atoms with Crippen molar-refractivity contribution in [2.75, 3.05) is 0 Å². The van der Waals surface area contributed by atoms with E-state index in [1.165, 1.54) is 6.08 Å². The summed E-state index contributed by atoms with van der Waals surface area (Å²) in [5.41, 5.74) is 8.26. The Kier molecular flexibility index (Phi) is 6.89. The molecule has 0 N–H and O–H groups in total. The van der Waals surface area contributed by atoms with Crippen molar-refractivity contribution in [1.82, 2.24) is 0 Å². The molecule has 0 spiro atoms. The van der Waals surface area contributed by atoms with Crippen molar-refractivity contribution in [3.63, 3.8) is 0 Å². The summed E-state index contributed by atoms with van der Waals surface area (Å²) in [6.07, 6.45) is 1.00. The molecule has 2 aliphatic rings. The quantitative estimate of drug-likeness (QED) is 0.241. The largest absolute Gasteiger partial charge is 0.461 e. The van der Waals surface area contributed by atoms with Gasteiger partial charge in [-0.2, -0.15) is 0 Å². The molecule has 3 aromatic carbocycles. The van der Waals surface area contributed by atoms with Gasteiger partial charge in [-0.3, -0.25) is 9.59 Å². The van der Waals surface area contributed by atoms with Crippen molar-refractivity contribution in [2.45, 2.75) is 44.8 Å². The molecule has 1 heterocycles. The van der Waals surface area contributed by atoms with E-state index >= 15 is 0 Å². The van der Waals surface area contributed by atoms with E-state index in [2.05, 4.69) is 5.73 Å². The van der Waals surface area contributed by atoms with E-state index in [0.717, 1.165) is 22.3 Å². The minimum atomic E-state index is -0.609. The Morgan fingerprint density at radius 1 is 1.00 bits per heavy atom. The predicted molar refractivity (Wildman–Crippen MR) is 140 cm³/mol. The molecule has 37 heavy (non-hydrogen) atoms. The molecular formula is C32H28O5. The topological polar surface area (TPSA) is 69.7 Å². The van der Waals surface area contributed by atoms with Crippen LogP contribution in [0.1, 0.15) is 47.2 Å². The van der Waals surface area contributed by atoms with Gasteiger partial charge >= 0.3 is 11.9 Å². The second-order valence-corrected chi connectivity index (χ2v) is 9.69. The Hall–Kier alpha value is -4.21. The van der Waals surface area contributed by atoms with Gasteiger partial charge in [0.05, 0.1) is 12.0 Å². The van der Waals surface area contributed by atoms with E-state index in [0.29, 0.717) is 17.6 Å². The van der Waals surface area contributed by atoms with Gasteiger partial charge in [-0.1, -0.05) is 79.2 Å². The summed E-state index contributed by atoms with van der Waals surface area (Å²) in [4.78, 5) is 37.8. The average molecular weight is 493 g/mol. The molecule has 2 fully saturated rings. The van der Waals surface area contributed by atoms with Crippen molar-refractivity contribution >= 4 is 17.7 Å². The standard InChI is InChI=1S/C32H28O5/c1-20-7-6-10-25(17-20)21(2)28(33)16-15-26-27-18-31(34)36-30(27)19-29(26)37-32(35)24-13-11-23(12-14-24)22-8-4-3-5-9-22/h3-14,16-17,21,27,29-30H,18-19H2,1-2H3/t15?,21?,27-,29?,30+/m1/s1. The third-order valence-corrected chi connectivity index (χ3v) is 7.14. The molecule has 3 aromatic rings. The van der Waals surface area contributed by atoms with E-state index in [1.807, 2.05) is 80.6 Å². The molecule has 4 atom stereocenters. The molecule has 0 amide bonds. The van der Waals surface area contributed by atoms with Gasteiger partial charge in [-0.15, -0.1) is 5.73 Å². The maximum Gasteiger partial charge on any atom is 0.338 e. The highest BCUT2D eigenvalue weighted by Gasteiger charge is 2.48. The summed E-state index contributed by atoms with van der Waals surface area (Å²) in [6, 6.07) is 25.0.